The number of rotatable bonds is 8. The number of carbonyl (C=O) groups excluding carboxylic acids is 2. The highest BCUT2D eigenvalue weighted by atomic mass is 32.2. The molecule has 1 amide bonds. The van der Waals surface area contributed by atoms with Crippen molar-refractivity contribution in [3.63, 3.8) is 0 Å². The Labute approximate surface area is 214 Å². The zero-order valence-electron chi connectivity index (χ0n) is 19.1. The van der Waals surface area contributed by atoms with Crippen LogP contribution in [0.5, 0.6) is 0 Å². The number of amides is 1. The molecule has 0 aliphatic heterocycles. The van der Waals surface area contributed by atoms with E-state index in [9.17, 15) is 27.2 Å². The lowest BCUT2D eigenvalue weighted by Gasteiger charge is -2.17. The average molecular weight is 536 g/mol. The molecule has 3 N–H and O–H groups in total. The summed E-state index contributed by atoms with van der Waals surface area (Å²) < 4.78 is 54.8. The summed E-state index contributed by atoms with van der Waals surface area (Å²) >= 11 is 6.43. The summed E-state index contributed by atoms with van der Waals surface area (Å²) in [4.78, 5) is 24.7. The van der Waals surface area contributed by atoms with Crippen molar-refractivity contribution in [3.8, 4) is 0 Å². The maximum absolute atomic E-state index is 13.9. The highest BCUT2D eigenvalue weighted by molar-refractivity contribution is 8.00. The summed E-state index contributed by atoms with van der Waals surface area (Å²) in [6.07, 6.45) is 0.269. The zero-order valence-corrected chi connectivity index (χ0v) is 20.8. The second-order valence-corrected chi connectivity index (χ2v) is 9.27. The minimum absolute atomic E-state index is 0.0472. The summed E-state index contributed by atoms with van der Waals surface area (Å²) in [5.41, 5.74) is 0.697. The molecule has 11 heteroatoms. The molecule has 1 atom stereocenters. The Kier molecular flexibility index (Phi) is 9.05. The van der Waals surface area contributed by atoms with Crippen LogP contribution in [0.15, 0.2) is 59.5 Å². The van der Waals surface area contributed by atoms with E-state index in [4.69, 9.17) is 12.2 Å². The van der Waals surface area contributed by atoms with E-state index in [1.807, 2.05) is 5.32 Å². The lowest BCUT2D eigenvalue weighted by atomic mass is 10.1. The van der Waals surface area contributed by atoms with Gasteiger partial charge in [0.15, 0.2) is 34.2 Å². The number of carbonyl (C=O) groups is 2. The number of anilines is 3. The van der Waals surface area contributed by atoms with Crippen molar-refractivity contribution in [1.82, 2.24) is 0 Å². The van der Waals surface area contributed by atoms with Gasteiger partial charge in [0.25, 0.3) is 0 Å². The molecule has 0 aliphatic carbocycles. The maximum atomic E-state index is 13.9. The van der Waals surface area contributed by atoms with Crippen molar-refractivity contribution in [2.24, 2.45) is 0 Å². The molecule has 5 nitrogen and oxygen atoms in total. The first-order chi connectivity index (χ1) is 17.1. The quantitative estimate of drug-likeness (QED) is 0.0973. The van der Waals surface area contributed by atoms with E-state index in [2.05, 4.69) is 10.6 Å². The van der Waals surface area contributed by atoms with E-state index >= 15 is 0 Å². The Morgan fingerprint density at radius 3 is 2.08 bits per heavy atom. The highest BCUT2D eigenvalue weighted by Gasteiger charge is 2.25. The summed E-state index contributed by atoms with van der Waals surface area (Å²) in [6.45, 7) is 3.17. The molecular weight excluding hydrogens is 514 g/mol. The number of Topliss-reactive ketones (excluding diaryl/α,β-unsaturated/α-hetero) is 1. The largest absolute Gasteiger partial charge is 0.332 e. The van der Waals surface area contributed by atoms with Crippen LogP contribution in [-0.4, -0.2) is 22.1 Å². The first-order valence-electron chi connectivity index (χ1n) is 10.7. The van der Waals surface area contributed by atoms with Gasteiger partial charge in [0.1, 0.15) is 5.69 Å². The van der Waals surface area contributed by atoms with Crippen LogP contribution in [0.4, 0.5) is 34.6 Å². The Balaban J connectivity index is 1.66. The molecule has 0 radical (unpaired) electrons. The fraction of sp³-hybridized carbons (Fsp3) is 0.160. The number of hydrogen-bond acceptors (Lipinski definition) is 4. The minimum Gasteiger partial charge on any atom is -0.332 e. The molecule has 3 aromatic carbocycles. The Morgan fingerprint density at radius 2 is 1.50 bits per heavy atom. The molecule has 0 spiro atoms. The van der Waals surface area contributed by atoms with Crippen molar-refractivity contribution in [2.45, 2.75) is 30.4 Å². The molecule has 188 valence electrons. The zero-order chi connectivity index (χ0) is 26.4. The molecule has 1 unspecified atom stereocenters. The van der Waals surface area contributed by atoms with Crippen LogP contribution in [0, 0.1) is 23.3 Å². The molecule has 0 saturated heterocycles. The topological polar surface area (TPSA) is 70.2 Å². The third-order valence-electron chi connectivity index (χ3n) is 4.94. The molecular formula is C25H21F4N3O2S2. The third kappa shape index (κ3) is 6.82. The van der Waals surface area contributed by atoms with Gasteiger partial charge in [-0.1, -0.05) is 13.0 Å². The second-order valence-electron chi connectivity index (χ2n) is 7.59. The highest BCUT2D eigenvalue weighted by Crippen LogP contribution is 2.30. The molecule has 36 heavy (non-hydrogen) atoms. The van der Waals surface area contributed by atoms with Crippen molar-refractivity contribution >= 4 is 57.8 Å². The molecule has 0 bridgehead atoms. The van der Waals surface area contributed by atoms with E-state index in [1.54, 1.807) is 55.5 Å². The van der Waals surface area contributed by atoms with Gasteiger partial charge in [0.2, 0.25) is 5.91 Å². The number of ketones is 1. The Bertz CT molecular complexity index is 1280. The number of hydrogen-bond donors (Lipinski definition) is 3. The van der Waals surface area contributed by atoms with Gasteiger partial charge in [0.05, 0.1) is 5.25 Å². The van der Waals surface area contributed by atoms with Crippen molar-refractivity contribution in [3.05, 3.63) is 83.4 Å². The fourth-order valence-corrected chi connectivity index (χ4v) is 4.35. The molecule has 3 aromatic rings. The van der Waals surface area contributed by atoms with Crippen LogP contribution >= 0.6 is 24.0 Å². The number of thiocarbonyl (C=S) groups is 1. The van der Waals surface area contributed by atoms with Crippen LogP contribution < -0.4 is 16.0 Å². The number of nitrogens with one attached hydrogen (secondary N) is 3. The smallest absolute Gasteiger partial charge is 0.238 e. The van der Waals surface area contributed by atoms with Gasteiger partial charge in [-0.3, -0.25) is 9.59 Å². The van der Waals surface area contributed by atoms with Crippen molar-refractivity contribution in [2.75, 3.05) is 16.0 Å². The molecule has 3 rings (SSSR count). The summed E-state index contributed by atoms with van der Waals surface area (Å²) in [5, 5.41) is 7.45. The van der Waals surface area contributed by atoms with Crippen molar-refractivity contribution < 1.29 is 27.2 Å². The van der Waals surface area contributed by atoms with Gasteiger partial charge in [0, 0.05) is 27.9 Å². The molecule has 0 heterocycles. The Morgan fingerprint density at radius 1 is 0.889 bits per heavy atom. The van der Waals surface area contributed by atoms with Crippen molar-refractivity contribution in [1.29, 1.82) is 0 Å². The predicted molar refractivity (Wildman–Crippen MR) is 138 cm³/mol. The SMILES string of the molecule is CCC(Sc1cccc(NC(=S)Nc2ccc(C(C)=O)cc2)c1)C(=O)Nc1c(F)c(F)cc(F)c1F. The van der Waals surface area contributed by atoms with Crippen LogP contribution in [0.3, 0.4) is 0 Å². The summed E-state index contributed by atoms with van der Waals surface area (Å²) in [7, 11) is 0. The molecule has 0 aromatic heterocycles. The van der Waals surface area contributed by atoms with Gasteiger partial charge >= 0.3 is 0 Å². The monoisotopic (exact) mass is 535 g/mol. The number of benzene rings is 3. The van der Waals surface area contributed by atoms with Gasteiger partial charge in [-0.25, -0.2) is 17.6 Å². The van der Waals surface area contributed by atoms with E-state index < -0.39 is 40.1 Å². The van der Waals surface area contributed by atoms with Gasteiger partial charge < -0.3 is 16.0 Å². The van der Waals surface area contributed by atoms with Crippen LogP contribution in [0.25, 0.3) is 0 Å². The van der Waals surface area contributed by atoms with E-state index in [0.29, 0.717) is 21.8 Å². The lowest BCUT2D eigenvalue weighted by Crippen LogP contribution is -2.26. The minimum atomic E-state index is -1.68. The number of thioether (sulfide) groups is 1. The fourth-order valence-electron chi connectivity index (χ4n) is 3.10. The van der Waals surface area contributed by atoms with E-state index in [-0.39, 0.29) is 23.4 Å². The first-order valence-corrected chi connectivity index (χ1v) is 12.0. The standard InChI is InChI=1S/C25H21F4N3O2S2/c1-3-20(24(34)32-23-21(28)18(26)12-19(27)22(23)29)36-17-6-4-5-16(11-17)31-25(35)30-15-9-7-14(8-10-15)13(2)33/h4-12,20H,3H2,1-2H3,(H,32,34)(H2,30,31,35). The normalized spacial score (nSPS) is 11.5. The van der Waals surface area contributed by atoms with Crippen LogP contribution in [0.1, 0.15) is 30.6 Å². The Hall–Kier alpha value is -3.44. The summed E-state index contributed by atoms with van der Waals surface area (Å²) in [5.74, 6) is -7.43. The maximum Gasteiger partial charge on any atom is 0.238 e. The number of halogens is 4. The van der Waals surface area contributed by atoms with Gasteiger partial charge in [-0.2, -0.15) is 0 Å². The molecule has 0 saturated carbocycles. The average Bonchev–Trinajstić information content (AvgIpc) is 2.84. The van der Waals surface area contributed by atoms with Gasteiger partial charge in [-0.05, 0) is 68.0 Å². The molecule has 0 fully saturated rings. The molecule has 0 aliphatic rings. The third-order valence-corrected chi connectivity index (χ3v) is 6.50. The predicted octanol–water partition coefficient (Wildman–Crippen LogP) is 6.76. The van der Waals surface area contributed by atoms with Crippen LogP contribution in [-0.2, 0) is 4.79 Å². The van der Waals surface area contributed by atoms with E-state index in [0.717, 1.165) is 11.8 Å². The van der Waals surface area contributed by atoms with Crippen LogP contribution in [0.2, 0.25) is 0 Å². The van der Waals surface area contributed by atoms with E-state index in [1.165, 1.54) is 6.92 Å². The summed E-state index contributed by atoms with van der Waals surface area (Å²) in [6, 6.07) is 13.8. The van der Waals surface area contributed by atoms with Gasteiger partial charge in [-0.15, -0.1) is 11.8 Å². The first kappa shape index (κ1) is 27.2. The second kappa shape index (κ2) is 12.0. The lowest BCUT2D eigenvalue weighted by molar-refractivity contribution is -0.115.